The van der Waals surface area contributed by atoms with Crippen LogP contribution in [-0.2, 0) is 12.1 Å². The maximum absolute atomic E-state index is 12.8. The minimum absolute atomic E-state index is 0.0640. The number of aromatic nitrogens is 2. The summed E-state index contributed by atoms with van der Waals surface area (Å²) in [5.74, 6) is -1.66. The number of rotatable bonds is 5. The molecule has 0 aliphatic carbocycles. The first-order valence-electron chi connectivity index (χ1n) is 7.37. The van der Waals surface area contributed by atoms with Crippen molar-refractivity contribution in [1.29, 1.82) is 0 Å². The summed E-state index contributed by atoms with van der Waals surface area (Å²) in [4.78, 5) is 28.2. The van der Waals surface area contributed by atoms with E-state index in [2.05, 4.69) is 4.98 Å². The van der Waals surface area contributed by atoms with Crippen LogP contribution in [0.3, 0.4) is 0 Å². The van der Waals surface area contributed by atoms with Gasteiger partial charge in [0.05, 0.1) is 7.11 Å². The molecule has 1 heterocycles. The third-order valence-electron chi connectivity index (χ3n) is 3.29. The zero-order valence-corrected chi connectivity index (χ0v) is 14.1. The number of benzene rings is 1. The molecule has 0 saturated heterocycles. The van der Waals surface area contributed by atoms with Crippen LogP contribution in [0.5, 0.6) is 11.8 Å². The molecule has 0 saturated carbocycles. The fraction of sp³-hybridized carbons (Fsp3) is 0.353. The Kier molecular flexibility index (Phi) is 4.92. The van der Waals surface area contributed by atoms with Crippen molar-refractivity contribution in [3.8, 4) is 11.8 Å². The van der Waals surface area contributed by atoms with Crippen molar-refractivity contribution in [2.45, 2.75) is 32.9 Å². The summed E-state index contributed by atoms with van der Waals surface area (Å²) >= 11 is 0. The normalized spacial score (nSPS) is 11.2. The second-order valence-electron chi connectivity index (χ2n) is 6.17. The molecule has 0 radical (unpaired) electrons. The summed E-state index contributed by atoms with van der Waals surface area (Å²) in [7, 11) is 1.33. The summed E-state index contributed by atoms with van der Waals surface area (Å²) in [6.07, 6.45) is 0. The van der Waals surface area contributed by atoms with E-state index in [0.717, 1.165) is 5.56 Å². The van der Waals surface area contributed by atoms with Crippen molar-refractivity contribution < 1.29 is 19.4 Å². The molecule has 1 aromatic carbocycles. The summed E-state index contributed by atoms with van der Waals surface area (Å²) < 4.78 is 11.9. The van der Waals surface area contributed by atoms with Crippen LogP contribution in [0.25, 0.3) is 0 Å². The van der Waals surface area contributed by atoms with E-state index in [4.69, 9.17) is 9.47 Å². The Morgan fingerprint density at radius 1 is 1.25 bits per heavy atom. The molecule has 0 spiro atoms. The fourth-order valence-corrected chi connectivity index (χ4v) is 2.22. The van der Waals surface area contributed by atoms with E-state index in [0.29, 0.717) is 0 Å². The number of carboxylic acids is 1. The van der Waals surface area contributed by atoms with E-state index in [1.807, 2.05) is 30.3 Å². The molecule has 0 atom stereocenters. The van der Waals surface area contributed by atoms with E-state index >= 15 is 0 Å². The van der Waals surface area contributed by atoms with Crippen molar-refractivity contribution in [1.82, 2.24) is 9.55 Å². The Balaban J connectivity index is 2.56. The zero-order chi connectivity index (χ0) is 17.9. The number of carboxylic acid groups (broad SMARTS) is 1. The number of ether oxygens (including phenoxy) is 2. The standard InChI is InChI=1S/C17H20N2O5/c1-17(2,3)19-14(20)13(12(15(21)22)18-16(19)23-4)24-10-11-8-6-5-7-9-11/h5-9H,10H2,1-4H3,(H,21,22). The highest BCUT2D eigenvalue weighted by atomic mass is 16.5. The van der Waals surface area contributed by atoms with Gasteiger partial charge in [0, 0.05) is 5.54 Å². The first kappa shape index (κ1) is 17.5. The van der Waals surface area contributed by atoms with Gasteiger partial charge in [-0.2, -0.15) is 4.98 Å². The van der Waals surface area contributed by atoms with Gasteiger partial charge in [-0.3, -0.25) is 9.36 Å². The molecule has 0 amide bonds. The van der Waals surface area contributed by atoms with Gasteiger partial charge in [0.15, 0.2) is 0 Å². The van der Waals surface area contributed by atoms with Crippen molar-refractivity contribution in [3.05, 3.63) is 51.9 Å². The van der Waals surface area contributed by atoms with Gasteiger partial charge in [0.2, 0.25) is 11.4 Å². The second kappa shape index (κ2) is 6.74. The second-order valence-corrected chi connectivity index (χ2v) is 6.17. The Labute approximate surface area is 139 Å². The van der Waals surface area contributed by atoms with Gasteiger partial charge in [0.1, 0.15) is 6.61 Å². The monoisotopic (exact) mass is 332 g/mol. The van der Waals surface area contributed by atoms with Crippen LogP contribution >= 0.6 is 0 Å². The molecule has 0 aliphatic heterocycles. The SMILES string of the molecule is COc1nc(C(=O)O)c(OCc2ccccc2)c(=O)n1C(C)(C)C. The lowest BCUT2D eigenvalue weighted by atomic mass is 10.1. The van der Waals surface area contributed by atoms with Crippen LogP contribution < -0.4 is 15.0 Å². The first-order chi connectivity index (χ1) is 11.3. The van der Waals surface area contributed by atoms with Crippen LogP contribution in [0.4, 0.5) is 0 Å². The van der Waals surface area contributed by atoms with Crippen LogP contribution in [0.1, 0.15) is 36.8 Å². The smallest absolute Gasteiger partial charge is 0.358 e. The van der Waals surface area contributed by atoms with Crippen LogP contribution in [0.2, 0.25) is 0 Å². The van der Waals surface area contributed by atoms with Gasteiger partial charge in [-0.25, -0.2) is 4.79 Å². The molecule has 0 unspecified atom stereocenters. The minimum atomic E-state index is -1.35. The summed E-state index contributed by atoms with van der Waals surface area (Å²) in [5.41, 5.74) is -0.903. The van der Waals surface area contributed by atoms with E-state index in [9.17, 15) is 14.7 Å². The quantitative estimate of drug-likeness (QED) is 0.903. The number of nitrogens with zero attached hydrogens (tertiary/aromatic N) is 2. The molecule has 1 aromatic heterocycles. The fourth-order valence-electron chi connectivity index (χ4n) is 2.22. The number of aromatic carboxylic acids is 1. The topological polar surface area (TPSA) is 90.7 Å². The molecular formula is C17H20N2O5. The molecule has 128 valence electrons. The van der Waals surface area contributed by atoms with Gasteiger partial charge < -0.3 is 14.6 Å². The van der Waals surface area contributed by atoms with E-state index < -0.39 is 22.8 Å². The Bertz CT molecular complexity index is 791. The highest BCUT2D eigenvalue weighted by Gasteiger charge is 2.28. The Hall–Kier alpha value is -2.83. The van der Waals surface area contributed by atoms with Gasteiger partial charge in [-0.1, -0.05) is 30.3 Å². The average molecular weight is 332 g/mol. The largest absolute Gasteiger partial charge is 0.481 e. The summed E-state index contributed by atoms with van der Waals surface area (Å²) in [6, 6.07) is 9.08. The highest BCUT2D eigenvalue weighted by Crippen LogP contribution is 2.23. The molecule has 0 aliphatic rings. The molecule has 24 heavy (non-hydrogen) atoms. The summed E-state index contributed by atoms with van der Waals surface area (Å²) in [5, 5.41) is 9.35. The lowest BCUT2D eigenvalue weighted by Crippen LogP contribution is -2.37. The van der Waals surface area contributed by atoms with Crippen molar-refractivity contribution in [2.75, 3.05) is 7.11 Å². The Morgan fingerprint density at radius 2 is 1.88 bits per heavy atom. The van der Waals surface area contributed by atoms with Crippen LogP contribution in [-0.4, -0.2) is 27.7 Å². The van der Waals surface area contributed by atoms with Crippen LogP contribution in [0.15, 0.2) is 35.1 Å². The van der Waals surface area contributed by atoms with E-state index in [1.54, 1.807) is 20.8 Å². The van der Waals surface area contributed by atoms with E-state index in [1.165, 1.54) is 11.7 Å². The molecular weight excluding hydrogens is 312 g/mol. The van der Waals surface area contributed by atoms with Gasteiger partial charge in [-0.15, -0.1) is 0 Å². The van der Waals surface area contributed by atoms with Gasteiger partial charge in [-0.05, 0) is 26.3 Å². The summed E-state index contributed by atoms with van der Waals surface area (Å²) in [6.45, 7) is 5.44. The first-order valence-corrected chi connectivity index (χ1v) is 7.37. The molecule has 0 fully saturated rings. The zero-order valence-electron chi connectivity index (χ0n) is 14.1. The minimum Gasteiger partial charge on any atom is -0.481 e. The van der Waals surface area contributed by atoms with E-state index in [-0.39, 0.29) is 18.4 Å². The number of hydrogen-bond acceptors (Lipinski definition) is 5. The molecule has 2 aromatic rings. The highest BCUT2D eigenvalue weighted by molar-refractivity contribution is 5.88. The number of carbonyl (C=O) groups is 1. The number of methoxy groups -OCH3 is 1. The van der Waals surface area contributed by atoms with Gasteiger partial charge >= 0.3 is 5.97 Å². The molecule has 0 bridgehead atoms. The van der Waals surface area contributed by atoms with Crippen LogP contribution in [0, 0.1) is 0 Å². The third kappa shape index (κ3) is 3.56. The van der Waals surface area contributed by atoms with Gasteiger partial charge in [0.25, 0.3) is 11.6 Å². The van der Waals surface area contributed by atoms with Crippen molar-refractivity contribution in [2.24, 2.45) is 0 Å². The lowest BCUT2D eigenvalue weighted by molar-refractivity contribution is 0.0680. The average Bonchev–Trinajstić information content (AvgIpc) is 2.52. The molecule has 1 N–H and O–H groups in total. The molecule has 2 rings (SSSR count). The maximum atomic E-state index is 12.8. The number of hydrogen-bond donors (Lipinski definition) is 1. The predicted octanol–water partition coefficient (Wildman–Crippen LogP) is 2.28. The predicted molar refractivity (Wildman–Crippen MR) is 87.8 cm³/mol. The van der Waals surface area contributed by atoms with Crippen molar-refractivity contribution >= 4 is 5.97 Å². The van der Waals surface area contributed by atoms with Crippen molar-refractivity contribution in [3.63, 3.8) is 0 Å². The Morgan fingerprint density at radius 3 is 2.38 bits per heavy atom. The third-order valence-corrected chi connectivity index (χ3v) is 3.29. The lowest BCUT2D eigenvalue weighted by Gasteiger charge is -2.25. The molecule has 7 heteroatoms. The maximum Gasteiger partial charge on any atom is 0.358 e. The molecule has 7 nitrogen and oxygen atoms in total.